The number of ether oxygens (including phenoxy) is 5. The Hall–Kier alpha value is -3.06. The quantitative estimate of drug-likeness (QED) is 0.206. The number of carbonyl (C=O) groups excluding carboxylic acids is 2. The molecular formula is C30H36O11. The van der Waals surface area contributed by atoms with Gasteiger partial charge >= 0.3 is 11.9 Å². The van der Waals surface area contributed by atoms with Gasteiger partial charge in [-0.15, -0.1) is 0 Å². The average molecular weight is 573 g/mol. The minimum atomic E-state index is -1.59. The summed E-state index contributed by atoms with van der Waals surface area (Å²) in [5.74, 6) is -1.69. The lowest BCUT2D eigenvalue weighted by atomic mass is 9.81. The molecule has 11 atom stereocenters. The zero-order valence-corrected chi connectivity index (χ0v) is 22.8. The Labute approximate surface area is 237 Å². The number of benzene rings is 1. The van der Waals surface area contributed by atoms with Crippen LogP contribution in [-0.4, -0.2) is 95.1 Å². The number of hydrogen-bond donors (Lipinski definition) is 4. The third-order valence-electron chi connectivity index (χ3n) is 8.68. The van der Waals surface area contributed by atoms with Crippen molar-refractivity contribution in [2.75, 3.05) is 13.7 Å². The highest BCUT2D eigenvalue weighted by molar-refractivity contribution is 5.91. The van der Waals surface area contributed by atoms with Crippen LogP contribution in [-0.2, 0) is 35.0 Å². The summed E-state index contributed by atoms with van der Waals surface area (Å²) >= 11 is 0. The molecule has 2 heterocycles. The first-order valence-electron chi connectivity index (χ1n) is 13.6. The molecule has 0 amide bonds. The highest BCUT2D eigenvalue weighted by Gasteiger charge is 2.58. The van der Waals surface area contributed by atoms with Gasteiger partial charge in [0, 0.05) is 17.9 Å². The van der Waals surface area contributed by atoms with Gasteiger partial charge in [0.2, 0.25) is 0 Å². The molecule has 4 aliphatic rings. The lowest BCUT2D eigenvalue weighted by Crippen LogP contribution is -2.59. The van der Waals surface area contributed by atoms with E-state index in [-0.39, 0.29) is 24.3 Å². The number of rotatable bonds is 7. The van der Waals surface area contributed by atoms with E-state index in [9.17, 15) is 30.0 Å². The normalized spacial score (nSPS) is 38.6. The van der Waals surface area contributed by atoms with Gasteiger partial charge in [-0.05, 0) is 35.6 Å². The molecular weight excluding hydrogens is 536 g/mol. The zero-order valence-electron chi connectivity index (χ0n) is 22.8. The van der Waals surface area contributed by atoms with E-state index in [2.05, 4.69) is 19.7 Å². The average Bonchev–Trinajstić information content (AvgIpc) is 3.39. The molecule has 2 saturated heterocycles. The summed E-state index contributed by atoms with van der Waals surface area (Å²) < 4.78 is 28.4. The molecule has 41 heavy (non-hydrogen) atoms. The Balaban J connectivity index is 1.32. The number of methoxy groups -OCH3 is 1. The first-order chi connectivity index (χ1) is 19.5. The third-order valence-corrected chi connectivity index (χ3v) is 8.68. The van der Waals surface area contributed by atoms with Crippen LogP contribution in [0.3, 0.4) is 0 Å². The maximum atomic E-state index is 13.0. The molecule has 2 aliphatic carbocycles. The minimum absolute atomic E-state index is 0.0280. The predicted molar refractivity (Wildman–Crippen MR) is 142 cm³/mol. The topological polar surface area (TPSA) is 161 Å². The molecule has 0 aromatic heterocycles. The van der Waals surface area contributed by atoms with Crippen molar-refractivity contribution in [3.8, 4) is 5.75 Å². The Kier molecular flexibility index (Phi) is 8.38. The first kappa shape index (κ1) is 29.4. The number of esters is 2. The zero-order chi connectivity index (χ0) is 29.6. The van der Waals surface area contributed by atoms with Gasteiger partial charge < -0.3 is 44.1 Å². The molecule has 222 valence electrons. The van der Waals surface area contributed by atoms with Crippen molar-refractivity contribution >= 4 is 11.9 Å². The van der Waals surface area contributed by atoms with Crippen LogP contribution >= 0.6 is 0 Å². The van der Waals surface area contributed by atoms with E-state index in [1.165, 1.54) is 0 Å². The molecule has 2 saturated carbocycles. The highest BCUT2D eigenvalue weighted by atomic mass is 16.7. The van der Waals surface area contributed by atoms with E-state index < -0.39 is 79.4 Å². The molecule has 11 nitrogen and oxygen atoms in total. The van der Waals surface area contributed by atoms with Gasteiger partial charge in [0.25, 0.3) is 0 Å². The van der Waals surface area contributed by atoms with Crippen molar-refractivity contribution in [2.45, 2.75) is 68.3 Å². The van der Waals surface area contributed by atoms with E-state index in [1.54, 1.807) is 31.4 Å². The SMILES string of the molecule is C=C1C(=O)O[C@@H]2[C@H]3C(=C)[C@@H](O[C@@H]4O[C@H](CO)[C@@H](O)[C@H](O)[C@@H]4O)C[C@H]3C(=C)C[C@@H](OC(=O)Cc3ccc(OC)cc3)[C@@H]12. The van der Waals surface area contributed by atoms with Crippen molar-refractivity contribution in [3.63, 3.8) is 0 Å². The molecule has 4 N–H and O–H groups in total. The summed E-state index contributed by atoms with van der Waals surface area (Å²) in [4.78, 5) is 25.7. The van der Waals surface area contributed by atoms with Gasteiger partial charge in [0.15, 0.2) is 6.29 Å². The Morgan fingerprint density at radius 1 is 1.05 bits per heavy atom. The molecule has 1 aromatic carbocycles. The monoisotopic (exact) mass is 572 g/mol. The molecule has 0 unspecified atom stereocenters. The predicted octanol–water partition coefficient (Wildman–Crippen LogP) is 0.585. The lowest BCUT2D eigenvalue weighted by Gasteiger charge is -2.40. The molecule has 11 heteroatoms. The Bertz CT molecular complexity index is 1210. The van der Waals surface area contributed by atoms with Gasteiger partial charge in [-0.2, -0.15) is 0 Å². The van der Waals surface area contributed by atoms with E-state index in [0.717, 1.165) is 11.1 Å². The van der Waals surface area contributed by atoms with Gasteiger partial charge in [-0.1, -0.05) is 37.4 Å². The van der Waals surface area contributed by atoms with Crippen molar-refractivity contribution in [1.82, 2.24) is 0 Å². The molecule has 0 radical (unpaired) electrons. The summed E-state index contributed by atoms with van der Waals surface area (Å²) in [5.41, 5.74) is 2.28. The van der Waals surface area contributed by atoms with Crippen molar-refractivity contribution in [3.05, 3.63) is 66.3 Å². The van der Waals surface area contributed by atoms with Crippen LogP contribution in [0.25, 0.3) is 0 Å². The molecule has 2 aliphatic heterocycles. The Morgan fingerprint density at radius 3 is 2.41 bits per heavy atom. The van der Waals surface area contributed by atoms with E-state index in [1.807, 2.05) is 0 Å². The highest BCUT2D eigenvalue weighted by Crippen LogP contribution is 2.53. The molecule has 0 bridgehead atoms. The minimum Gasteiger partial charge on any atom is -0.497 e. The standard InChI is InChI=1S/C30H36O11/c1-13-9-20(38-22(32)10-16-5-7-17(37-4)8-6-16)24-15(3)29(36)41-28(24)23-14(2)19(11-18(13)23)39-30-27(35)26(34)25(33)21(12-31)40-30/h5-8,18-21,23-28,30-31,33-35H,1-3,9-12H2,4H3/t18-,19-,20+,21+,23-,24+,25+,26-,27-,28+,30+/m0/s1. The number of aliphatic hydroxyl groups is 4. The number of hydrogen-bond acceptors (Lipinski definition) is 11. The fourth-order valence-electron chi connectivity index (χ4n) is 6.46. The van der Waals surface area contributed by atoms with Gasteiger partial charge in [0.1, 0.15) is 42.4 Å². The second kappa shape index (κ2) is 11.7. The fraction of sp³-hybridized carbons (Fsp3) is 0.533. The maximum absolute atomic E-state index is 13.0. The summed E-state index contributed by atoms with van der Waals surface area (Å²) in [7, 11) is 1.56. The molecule has 0 spiro atoms. The van der Waals surface area contributed by atoms with Gasteiger partial charge in [-0.3, -0.25) is 4.79 Å². The van der Waals surface area contributed by atoms with Crippen LogP contribution in [0, 0.1) is 17.8 Å². The fourth-order valence-corrected chi connectivity index (χ4v) is 6.46. The van der Waals surface area contributed by atoms with Crippen LogP contribution in [0.2, 0.25) is 0 Å². The first-order valence-corrected chi connectivity index (χ1v) is 13.6. The Morgan fingerprint density at radius 2 is 1.76 bits per heavy atom. The number of aliphatic hydroxyl groups excluding tert-OH is 4. The van der Waals surface area contributed by atoms with Gasteiger partial charge in [-0.25, -0.2) is 4.79 Å². The number of carbonyl (C=O) groups is 2. The molecule has 5 rings (SSSR count). The van der Waals surface area contributed by atoms with Gasteiger partial charge in [0.05, 0.1) is 32.2 Å². The summed E-state index contributed by atoms with van der Waals surface area (Å²) in [6.07, 6.45) is -8.60. The van der Waals surface area contributed by atoms with E-state index >= 15 is 0 Å². The van der Waals surface area contributed by atoms with Crippen LogP contribution in [0.5, 0.6) is 5.75 Å². The summed E-state index contributed by atoms with van der Waals surface area (Å²) in [5, 5.41) is 40.2. The van der Waals surface area contributed by atoms with E-state index in [0.29, 0.717) is 17.7 Å². The van der Waals surface area contributed by atoms with Crippen molar-refractivity contribution < 1.29 is 53.7 Å². The second-order valence-corrected chi connectivity index (χ2v) is 11.1. The van der Waals surface area contributed by atoms with Crippen LogP contribution < -0.4 is 4.74 Å². The summed E-state index contributed by atoms with van der Waals surface area (Å²) in [6, 6.07) is 7.07. The number of fused-ring (bicyclic) bond motifs is 3. The van der Waals surface area contributed by atoms with Crippen LogP contribution in [0.1, 0.15) is 18.4 Å². The third kappa shape index (κ3) is 5.45. The van der Waals surface area contributed by atoms with Crippen LogP contribution in [0.4, 0.5) is 0 Å². The molecule has 1 aromatic rings. The summed E-state index contributed by atoms with van der Waals surface area (Å²) in [6.45, 7) is 11.8. The molecule has 4 fully saturated rings. The largest absolute Gasteiger partial charge is 0.497 e. The second-order valence-electron chi connectivity index (χ2n) is 11.1. The van der Waals surface area contributed by atoms with Crippen LogP contribution in [0.15, 0.2) is 60.7 Å². The van der Waals surface area contributed by atoms with E-state index in [4.69, 9.17) is 23.7 Å². The lowest BCUT2D eigenvalue weighted by molar-refractivity contribution is -0.308. The van der Waals surface area contributed by atoms with Crippen molar-refractivity contribution in [1.29, 1.82) is 0 Å². The van der Waals surface area contributed by atoms with Crippen molar-refractivity contribution in [2.24, 2.45) is 17.8 Å². The maximum Gasteiger partial charge on any atom is 0.334 e. The smallest absolute Gasteiger partial charge is 0.334 e.